The molecule has 82 valence electrons. The van der Waals surface area contributed by atoms with E-state index < -0.39 is 5.60 Å². The van der Waals surface area contributed by atoms with Crippen molar-refractivity contribution in [1.29, 1.82) is 0 Å². The Morgan fingerprint density at radius 3 is 3.00 bits per heavy atom. The number of aliphatic hydroxyl groups is 1. The summed E-state index contributed by atoms with van der Waals surface area (Å²) in [5, 5.41) is 10.5. The molecule has 4 bridgehead atoms. The van der Waals surface area contributed by atoms with Crippen LogP contribution < -0.4 is 0 Å². The number of ether oxygens (including phenoxy) is 1. The maximum Gasteiger partial charge on any atom is 0.306 e. The van der Waals surface area contributed by atoms with Crippen molar-refractivity contribution in [3.8, 4) is 0 Å². The van der Waals surface area contributed by atoms with Crippen molar-refractivity contribution in [3.63, 3.8) is 0 Å². The van der Waals surface area contributed by atoms with E-state index in [1.807, 2.05) is 0 Å². The Labute approximate surface area is 88.8 Å². The average molecular weight is 208 g/mol. The number of carbonyl (C=O) groups is 1. The molecule has 5 fully saturated rings. The molecule has 0 aromatic heterocycles. The molecule has 4 aliphatic carbocycles. The smallest absolute Gasteiger partial charge is 0.306 e. The van der Waals surface area contributed by atoms with Crippen LogP contribution in [0, 0.1) is 17.3 Å². The molecule has 5 atom stereocenters. The molecule has 5 rings (SSSR count). The van der Waals surface area contributed by atoms with Gasteiger partial charge in [0, 0.05) is 5.41 Å². The molecule has 0 amide bonds. The zero-order valence-corrected chi connectivity index (χ0v) is 8.74. The highest BCUT2D eigenvalue weighted by molar-refractivity contribution is 5.73. The van der Waals surface area contributed by atoms with Crippen LogP contribution in [0.5, 0.6) is 0 Å². The minimum Gasteiger partial charge on any atom is -0.461 e. The lowest BCUT2D eigenvalue weighted by Gasteiger charge is -2.60. The van der Waals surface area contributed by atoms with E-state index in [-0.39, 0.29) is 17.5 Å². The summed E-state index contributed by atoms with van der Waals surface area (Å²) in [7, 11) is 0. The second kappa shape index (κ2) is 2.24. The minimum absolute atomic E-state index is 0.0237. The van der Waals surface area contributed by atoms with Gasteiger partial charge in [-0.1, -0.05) is 0 Å². The number of hydrogen-bond acceptors (Lipinski definition) is 3. The maximum atomic E-state index is 11.5. The van der Waals surface area contributed by atoms with Gasteiger partial charge in [0.25, 0.3) is 0 Å². The van der Waals surface area contributed by atoms with E-state index in [1.165, 1.54) is 6.42 Å². The fourth-order valence-electron chi connectivity index (χ4n) is 5.18. The summed E-state index contributed by atoms with van der Waals surface area (Å²) >= 11 is 0. The lowest BCUT2D eigenvalue weighted by Crippen LogP contribution is -2.61. The third-order valence-electron chi connectivity index (χ3n) is 5.11. The number of carbonyl (C=O) groups excluding carboxylic acids is 1. The van der Waals surface area contributed by atoms with Gasteiger partial charge in [-0.3, -0.25) is 4.79 Å². The first-order chi connectivity index (χ1) is 7.09. The Bertz CT molecular complexity index is 353. The monoisotopic (exact) mass is 208 g/mol. The molecule has 0 aromatic rings. The summed E-state index contributed by atoms with van der Waals surface area (Å²) in [6, 6.07) is 0. The molecule has 5 aliphatic rings. The van der Waals surface area contributed by atoms with Gasteiger partial charge in [-0.25, -0.2) is 0 Å². The molecular weight excluding hydrogens is 192 g/mol. The molecule has 4 unspecified atom stereocenters. The van der Waals surface area contributed by atoms with E-state index in [0.717, 1.165) is 25.7 Å². The van der Waals surface area contributed by atoms with Crippen molar-refractivity contribution in [2.75, 3.05) is 0 Å². The molecule has 1 heterocycles. The number of esters is 1. The van der Waals surface area contributed by atoms with Gasteiger partial charge in [0.15, 0.2) is 0 Å². The second-order valence-corrected chi connectivity index (χ2v) is 6.32. The quantitative estimate of drug-likeness (QED) is 0.609. The SMILES string of the molecule is O=C1CC23CC4CC(CC(O)(C4)C2)[C@H]3O1. The Hall–Kier alpha value is -0.570. The van der Waals surface area contributed by atoms with Crippen LogP contribution >= 0.6 is 0 Å². The lowest BCUT2D eigenvalue weighted by atomic mass is 9.46. The molecule has 1 N–H and O–H groups in total. The highest BCUT2D eigenvalue weighted by Gasteiger charge is 2.66. The predicted octanol–water partition coefficient (Wildman–Crippen LogP) is 1.24. The van der Waals surface area contributed by atoms with Gasteiger partial charge in [-0.05, 0) is 43.9 Å². The molecule has 4 saturated carbocycles. The van der Waals surface area contributed by atoms with Crippen LogP contribution in [0.3, 0.4) is 0 Å². The van der Waals surface area contributed by atoms with E-state index in [2.05, 4.69) is 0 Å². The molecule has 1 aliphatic heterocycles. The van der Waals surface area contributed by atoms with Gasteiger partial charge in [0.1, 0.15) is 6.10 Å². The van der Waals surface area contributed by atoms with Crippen LogP contribution in [0.15, 0.2) is 0 Å². The molecule has 1 saturated heterocycles. The topological polar surface area (TPSA) is 46.5 Å². The third kappa shape index (κ3) is 0.930. The standard InChI is InChI=1S/C12H16O3/c13-9-5-11-2-7-1-8(10(11)15-9)4-12(14,3-7)6-11/h7-8,10,14H,1-6H2/t7?,8?,10-,11?,12?/m1/s1. The third-order valence-corrected chi connectivity index (χ3v) is 5.11. The first-order valence-electron chi connectivity index (χ1n) is 6.01. The first kappa shape index (κ1) is 8.57. The maximum absolute atomic E-state index is 11.5. The van der Waals surface area contributed by atoms with Crippen molar-refractivity contribution in [2.45, 2.75) is 50.2 Å². The van der Waals surface area contributed by atoms with Crippen LogP contribution in [0.1, 0.15) is 38.5 Å². The highest BCUT2D eigenvalue weighted by atomic mass is 16.6. The summed E-state index contributed by atoms with van der Waals surface area (Å²) in [4.78, 5) is 11.5. The van der Waals surface area contributed by atoms with E-state index in [0.29, 0.717) is 18.3 Å². The molecule has 0 radical (unpaired) electrons. The Morgan fingerprint density at radius 2 is 2.20 bits per heavy atom. The van der Waals surface area contributed by atoms with Gasteiger partial charge >= 0.3 is 5.97 Å². The zero-order valence-electron chi connectivity index (χ0n) is 8.74. The van der Waals surface area contributed by atoms with Gasteiger partial charge in [-0.2, -0.15) is 0 Å². The van der Waals surface area contributed by atoms with Gasteiger partial charge in [0.05, 0.1) is 12.0 Å². The van der Waals surface area contributed by atoms with Gasteiger partial charge < -0.3 is 9.84 Å². The lowest BCUT2D eigenvalue weighted by molar-refractivity contribution is -0.202. The summed E-state index contributed by atoms with van der Waals surface area (Å²) in [6.07, 6.45) is 5.62. The van der Waals surface area contributed by atoms with Crippen LogP contribution in [0.25, 0.3) is 0 Å². The zero-order chi connectivity index (χ0) is 10.3. The Balaban J connectivity index is 1.82. The van der Waals surface area contributed by atoms with E-state index in [1.54, 1.807) is 0 Å². The molecule has 15 heavy (non-hydrogen) atoms. The summed E-state index contributed by atoms with van der Waals surface area (Å²) in [5.74, 6) is 1.06. The van der Waals surface area contributed by atoms with Crippen LogP contribution in [0.2, 0.25) is 0 Å². The van der Waals surface area contributed by atoms with E-state index in [4.69, 9.17) is 4.74 Å². The number of hydrogen-bond donors (Lipinski definition) is 1. The van der Waals surface area contributed by atoms with Crippen molar-refractivity contribution in [1.82, 2.24) is 0 Å². The molecule has 3 heteroatoms. The van der Waals surface area contributed by atoms with Crippen molar-refractivity contribution < 1.29 is 14.6 Å². The minimum atomic E-state index is -0.462. The summed E-state index contributed by atoms with van der Waals surface area (Å²) < 4.78 is 5.49. The average Bonchev–Trinajstić information content (AvgIpc) is 2.38. The van der Waals surface area contributed by atoms with Gasteiger partial charge in [0.2, 0.25) is 0 Å². The second-order valence-electron chi connectivity index (χ2n) is 6.32. The normalized spacial score (nSPS) is 60.6. The van der Waals surface area contributed by atoms with Crippen molar-refractivity contribution in [2.24, 2.45) is 17.3 Å². The van der Waals surface area contributed by atoms with Crippen LogP contribution in [-0.2, 0) is 9.53 Å². The van der Waals surface area contributed by atoms with Crippen molar-refractivity contribution >= 4 is 5.97 Å². The van der Waals surface area contributed by atoms with E-state index >= 15 is 0 Å². The molecule has 0 aromatic carbocycles. The fourth-order valence-corrected chi connectivity index (χ4v) is 5.18. The Kier molecular flexibility index (Phi) is 1.28. The van der Waals surface area contributed by atoms with Crippen molar-refractivity contribution in [3.05, 3.63) is 0 Å². The Morgan fingerprint density at radius 1 is 1.33 bits per heavy atom. The summed E-state index contributed by atoms with van der Waals surface area (Å²) in [6.45, 7) is 0. The highest BCUT2D eigenvalue weighted by Crippen LogP contribution is 2.65. The summed E-state index contributed by atoms with van der Waals surface area (Å²) in [5.41, 5.74) is -0.438. The van der Waals surface area contributed by atoms with Gasteiger partial charge in [-0.15, -0.1) is 0 Å². The molecule has 3 nitrogen and oxygen atoms in total. The predicted molar refractivity (Wildman–Crippen MR) is 51.9 cm³/mol. The van der Waals surface area contributed by atoms with Crippen LogP contribution in [0.4, 0.5) is 0 Å². The first-order valence-corrected chi connectivity index (χ1v) is 6.01. The fraction of sp³-hybridized carbons (Fsp3) is 0.917. The largest absolute Gasteiger partial charge is 0.461 e. The van der Waals surface area contributed by atoms with Crippen LogP contribution in [-0.4, -0.2) is 22.8 Å². The molecular formula is C12H16O3. The number of rotatable bonds is 0. The van der Waals surface area contributed by atoms with E-state index in [9.17, 15) is 9.90 Å². The molecule has 1 spiro atoms.